The molecule has 0 saturated carbocycles. The van der Waals surface area contributed by atoms with Crippen molar-refractivity contribution >= 4 is 27.6 Å². The average molecular weight is 432 g/mol. The highest BCUT2D eigenvalue weighted by Crippen LogP contribution is 2.35. The van der Waals surface area contributed by atoms with Crippen LogP contribution in [-0.4, -0.2) is 38.6 Å². The average Bonchev–Trinajstić information content (AvgIpc) is 3.01. The molecular formula is C21H24N2O6S. The minimum absolute atomic E-state index is 0.0177. The van der Waals surface area contributed by atoms with Crippen molar-refractivity contribution in [1.82, 2.24) is 4.72 Å². The fraction of sp³-hybridized carbons (Fsp3) is 0.333. The van der Waals surface area contributed by atoms with Crippen molar-refractivity contribution in [2.24, 2.45) is 0 Å². The van der Waals surface area contributed by atoms with E-state index in [2.05, 4.69) is 4.72 Å². The highest BCUT2D eigenvalue weighted by Gasteiger charge is 2.31. The van der Waals surface area contributed by atoms with Crippen molar-refractivity contribution in [1.29, 1.82) is 0 Å². The number of nitrogens with zero attached hydrogens (tertiary/aromatic N) is 1. The summed E-state index contributed by atoms with van der Waals surface area (Å²) in [4.78, 5) is 24.9. The Morgan fingerprint density at radius 3 is 2.60 bits per heavy atom. The van der Waals surface area contributed by atoms with Gasteiger partial charge in [0.2, 0.25) is 15.9 Å². The standard InChI is InChI=1S/C21H24N2O6S/c1-13-10-15-11-16(8-9-19(15)23(13)14(2)24)30(27,28)22-18(12-21(25)26)17-6-4-5-7-20(17)29-3/h4-9,11,13,18,22H,10,12H2,1-3H3,(H,25,26). The number of anilines is 1. The molecule has 2 N–H and O–H groups in total. The second kappa shape index (κ2) is 8.45. The number of methoxy groups -OCH3 is 1. The normalized spacial score (nSPS) is 16.8. The van der Waals surface area contributed by atoms with Crippen LogP contribution in [0.1, 0.15) is 37.4 Å². The number of benzene rings is 2. The molecule has 0 aromatic heterocycles. The summed E-state index contributed by atoms with van der Waals surface area (Å²) in [5.74, 6) is -0.854. The van der Waals surface area contributed by atoms with E-state index >= 15 is 0 Å². The van der Waals surface area contributed by atoms with Gasteiger partial charge in [-0.25, -0.2) is 13.1 Å². The largest absolute Gasteiger partial charge is 0.496 e. The van der Waals surface area contributed by atoms with E-state index < -0.39 is 28.5 Å². The minimum Gasteiger partial charge on any atom is -0.496 e. The maximum absolute atomic E-state index is 13.1. The van der Waals surface area contributed by atoms with E-state index in [0.29, 0.717) is 23.4 Å². The number of hydrogen-bond donors (Lipinski definition) is 2. The number of amides is 1. The maximum Gasteiger partial charge on any atom is 0.305 e. The lowest BCUT2D eigenvalue weighted by atomic mass is 10.0. The smallest absolute Gasteiger partial charge is 0.305 e. The third-order valence-electron chi connectivity index (χ3n) is 5.11. The van der Waals surface area contributed by atoms with Gasteiger partial charge in [0.15, 0.2) is 0 Å². The number of aliphatic carboxylic acids is 1. The van der Waals surface area contributed by atoms with Gasteiger partial charge < -0.3 is 14.7 Å². The van der Waals surface area contributed by atoms with Gasteiger partial charge >= 0.3 is 5.97 Å². The summed E-state index contributed by atoms with van der Waals surface area (Å²) in [5, 5.41) is 9.30. The zero-order chi connectivity index (χ0) is 22.1. The summed E-state index contributed by atoms with van der Waals surface area (Å²) in [6.07, 6.45) is 0.100. The molecule has 2 atom stereocenters. The Balaban J connectivity index is 1.95. The van der Waals surface area contributed by atoms with Crippen molar-refractivity contribution in [3.8, 4) is 5.75 Å². The number of carbonyl (C=O) groups is 2. The molecule has 0 aliphatic carbocycles. The Bertz CT molecular complexity index is 1080. The molecule has 0 radical (unpaired) electrons. The van der Waals surface area contributed by atoms with E-state index in [0.717, 1.165) is 5.56 Å². The van der Waals surface area contributed by atoms with Crippen LogP contribution in [0.3, 0.4) is 0 Å². The molecule has 0 saturated heterocycles. The monoisotopic (exact) mass is 432 g/mol. The predicted molar refractivity (Wildman–Crippen MR) is 111 cm³/mol. The number of rotatable bonds is 7. The number of carboxylic acid groups (broad SMARTS) is 1. The zero-order valence-electron chi connectivity index (χ0n) is 17.0. The summed E-state index contributed by atoms with van der Waals surface area (Å²) in [5.41, 5.74) is 1.89. The molecule has 1 heterocycles. The molecule has 2 unspecified atom stereocenters. The first-order valence-corrected chi connectivity index (χ1v) is 10.9. The van der Waals surface area contributed by atoms with Gasteiger partial charge in [-0.1, -0.05) is 18.2 Å². The predicted octanol–water partition coefficient (Wildman–Crippen LogP) is 2.49. The lowest BCUT2D eigenvalue weighted by molar-refractivity contribution is -0.137. The molecule has 2 aromatic carbocycles. The minimum atomic E-state index is -4.03. The van der Waals surface area contributed by atoms with Gasteiger partial charge in [-0.2, -0.15) is 0 Å². The molecule has 8 nitrogen and oxygen atoms in total. The molecule has 9 heteroatoms. The second-order valence-corrected chi connectivity index (χ2v) is 8.96. The number of fused-ring (bicyclic) bond motifs is 1. The van der Waals surface area contributed by atoms with Gasteiger partial charge in [-0.05, 0) is 43.2 Å². The Morgan fingerprint density at radius 1 is 1.27 bits per heavy atom. The van der Waals surface area contributed by atoms with Gasteiger partial charge in [0.05, 0.1) is 24.5 Å². The zero-order valence-corrected chi connectivity index (χ0v) is 17.8. The number of carboxylic acids is 1. The third kappa shape index (κ3) is 4.31. The topological polar surface area (TPSA) is 113 Å². The van der Waals surface area contributed by atoms with E-state index in [1.165, 1.54) is 26.2 Å². The van der Waals surface area contributed by atoms with Crippen LogP contribution in [-0.2, 0) is 26.0 Å². The van der Waals surface area contributed by atoms with Crippen molar-refractivity contribution < 1.29 is 27.9 Å². The van der Waals surface area contributed by atoms with Crippen LogP contribution >= 0.6 is 0 Å². The van der Waals surface area contributed by atoms with Crippen LogP contribution in [0.5, 0.6) is 5.75 Å². The van der Waals surface area contributed by atoms with Gasteiger partial charge in [0.1, 0.15) is 5.75 Å². The van der Waals surface area contributed by atoms with E-state index in [1.807, 2.05) is 6.92 Å². The van der Waals surface area contributed by atoms with Gasteiger partial charge in [0, 0.05) is 24.2 Å². The number of para-hydroxylation sites is 1. The molecule has 3 rings (SSSR count). The van der Waals surface area contributed by atoms with Crippen molar-refractivity contribution in [2.45, 2.75) is 43.7 Å². The fourth-order valence-electron chi connectivity index (χ4n) is 3.85. The van der Waals surface area contributed by atoms with Crippen LogP contribution < -0.4 is 14.4 Å². The molecule has 1 amide bonds. The Hall–Kier alpha value is -2.91. The molecule has 0 bridgehead atoms. The van der Waals surface area contributed by atoms with Crippen LogP contribution in [0, 0.1) is 0 Å². The van der Waals surface area contributed by atoms with Crippen molar-refractivity contribution in [3.63, 3.8) is 0 Å². The van der Waals surface area contributed by atoms with Crippen LogP contribution in [0.25, 0.3) is 0 Å². The van der Waals surface area contributed by atoms with Crippen molar-refractivity contribution in [3.05, 3.63) is 53.6 Å². The van der Waals surface area contributed by atoms with Crippen LogP contribution in [0.15, 0.2) is 47.4 Å². The molecule has 30 heavy (non-hydrogen) atoms. The summed E-state index contributed by atoms with van der Waals surface area (Å²) in [6, 6.07) is 10.2. The molecule has 0 fully saturated rings. The lowest BCUT2D eigenvalue weighted by Crippen LogP contribution is -2.33. The molecular weight excluding hydrogens is 408 g/mol. The van der Waals surface area contributed by atoms with E-state index in [1.54, 1.807) is 35.2 Å². The molecule has 2 aromatic rings. The molecule has 0 spiro atoms. The van der Waals surface area contributed by atoms with Crippen molar-refractivity contribution in [2.75, 3.05) is 12.0 Å². The number of sulfonamides is 1. The number of carbonyl (C=O) groups excluding carboxylic acids is 1. The SMILES string of the molecule is COc1ccccc1C(CC(=O)O)NS(=O)(=O)c1ccc2c(c1)CC(C)N2C(C)=O. The van der Waals surface area contributed by atoms with Gasteiger partial charge in [-0.3, -0.25) is 9.59 Å². The van der Waals surface area contributed by atoms with Gasteiger partial charge in [-0.15, -0.1) is 0 Å². The van der Waals surface area contributed by atoms with Crippen LogP contribution in [0.4, 0.5) is 5.69 Å². The second-order valence-electron chi connectivity index (χ2n) is 7.25. The Morgan fingerprint density at radius 2 is 1.97 bits per heavy atom. The van der Waals surface area contributed by atoms with E-state index in [-0.39, 0.29) is 16.8 Å². The quantitative estimate of drug-likeness (QED) is 0.695. The maximum atomic E-state index is 13.1. The molecule has 1 aliphatic heterocycles. The first-order chi connectivity index (χ1) is 14.1. The fourth-order valence-corrected chi connectivity index (χ4v) is 5.12. The Labute approximate surface area is 175 Å². The van der Waals surface area contributed by atoms with E-state index in [4.69, 9.17) is 4.74 Å². The number of nitrogens with one attached hydrogen (secondary N) is 1. The Kier molecular flexibility index (Phi) is 6.14. The highest BCUT2D eigenvalue weighted by atomic mass is 32.2. The first kappa shape index (κ1) is 21.8. The van der Waals surface area contributed by atoms with Crippen LogP contribution in [0.2, 0.25) is 0 Å². The number of ether oxygens (including phenoxy) is 1. The van der Waals surface area contributed by atoms with Gasteiger partial charge in [0.25, 0.3) is 0 Å². The lowest BCUT2D eigenvalue weighted by Gasteiger charge is -2.21. The summed E-state index contributed by atoms with van der Waals surface area (Å²) >= 11 is 0. The highest BCUT2D eigenvalue weighted by molar-refractivity contribution is 7.89. The van der Waals surface area contributed by atoms with E-state index in [9.17, 15) is 23.1 Å². The molecule has 160 valence electrons. The third-order valence-corrected chi connectivity index (χ3v) is 6.58. The summed E-state index contributed by atoms with van der Waals surface area (Å²) in [7, 11) is -2.59. The molecule has 1 aliphatic rings. The first-order valence-electron chi connectivity index (χ1n) is 9.43. The number of hydrogen-bond acceptors (Lipinski definition) is 5. The summed E-state index contributed by atoms with van der Waals surface area (Å²) in [6.45, 7) is 3.37. The summed E-state index contributed by atoms with van der Waals surface area (Å²) < 4.78 is 33.9.